The molecule has 2 aromatic rings. The van der Waals surface area contributed by atoms with E-state index in [1.54, 1.807) is 18.5 Å². The summed E-state index contributed by atoms with van der Waals surface area (Å²) in [6.45, 7) is 2.00. The summed E-state index contributed by atoms with van der Waals surface area (Å²) < 4.78 is 0. The first-order valence-electron chi connectivity index (χ1n) is 5.11. The molecular formula is C12H12N4S. The molecule has 0 spiro atoms. The minimum atomic E-state index is 0.288. The van der Waals surface area contributed by atoms with E-state index in [-0.39, 0.29) is 4.99 Å². The molecule has 0 saturated carbocycles. The van der Waals surface area contributed by atoms with Gasteiger partial charge in [-0.05, 0) is 30.7 Å². The standard InChI is InChI=1S/C12H12N4S/c1-8-5-6-14-7-10(8)16-11-4-2-3-9(15-11)12(13)17/h2-7H,1H3,(H2,13,17)(H,15,16). The van der Waals surface area contributed by atoms with E-state index in [0.29, 0.717) is 11.5 Å². The number of hydrogen-bond acceptors (Lipinski definition) is 4. The first-order chi connectivity index (χ1) is 8.16. The summed E-state index contributed by atoms with van der Waals surface area (Å²) >= 11 is 4.89. The van der Waals surface area contributed by atoms with E-state index in [1.165, 1.54) is 0 Å². The first kappa shape index (κ1) is 11.5. The van der Waals surface area contributed by atoms with E-state index in [0.717, 1.165) is 11.3 Å². The quantitative estimate of drug-likeness (QED) is 0.810. The van der Waals surface area contributed by atoms with E-state index in [4.69, 9.17) is 18.0 Å². The van der Waals surface area contributed by atoms with Crippen molar-refractivity contribution >= 4 is 28.7 Å². The maximum absolute atomic E-state index is 5.53. The average Bonchev–Trinajstić information content (AvgIpc) is 2.32. The highest BCUT2D eigenvalue weighted by Gasteiger charge is 2.02. The minimum Gasteiger partial charge on any atom is -0.388 e. The van der Waals surface area contributed by atoms with Crippen molar-refractivity contribution < 1.29 is 0 Å². The van der Waals surface area contributed by atoms with E-state index in [2.05, 4.69) is 15.3 Å². The lowest BCUT2D eigenvalue weighted by molar-refractivity contribution is 1.24. The SMILES string of the molecule is Cc1ccncc1Nc1cccc(C(N)=S)n1. The Hall–Kier alpha value is -2.01. The minimum absolute atomic E-state index is 0.288. The molecule has 0 aliphatic heterocycles. The highest BCUT2D eigenvalue weighted by atomic mass is 32.1. The van der Waals surface area contributed by atoms with Crippen LogP contribution in [0.25, 0.3) is 0 Å². The number of nitrogens with two attached hydrogens (primary N) is 1. The van der Waals surface area contributed by atoms with Gasteiger partial charge in [0.05, 0.1) is 17.6 Å². The molecule has 0 aliphatic carbocycles. The van der Waals surface area contributed by atoms with Crippen molar-refractivity contribution in [2.75, 3.05) is 5.32 Å². The fourth-order valence-corrected chi connectivity index (χ4v) is 1.49. The smallest absolute Gasteiger partial charge is 0.131 e. The van der Waals surface area contributed by atoms with Crippen LogP contribution in [0.3, 0.4) is 0 Å². The molecule has 0 atom stereocenters. The van der Waals surface area contributed by atoms with Gasteiger partial charge >= 0.3 is 0 Å². The number of nitrogens with one attached hydrogen (secondary N) is 1. The molecule has 0 aromatic carbocycles. The van der Waals surface area contributed by atoms with Gasteiger partial charge in [0.15, 0.2) is 0 Å². The van der Waals surface area contributed by atoms with Crippen molar-refractivity contribution in [2.45, 2.75) is 6.92 Å². The van der Waals surface area contributed by atoms with E-state index >= 15 is 0 Å². The van der Waals surface area contributed by atoms with Crippen LogP contribution in [0.4, 0.5) is 11.5 Å². The molecule has 0 aliphatic rings. The third-order valence-corrected chi connectivity index (χ3v) is 2.51. The van der Waals surface area contributed by atoms with Gasteiger partial charge in [-0.25, -0.2) is 4.98 Å². The van der Waals surface area contributed by atoms with Gasteiger partial charge in [0.1, 0.15) is 10.8 Å². The lowest BCUT2D eigenvalue weighted by Crippen LogP contribution is -2.12. The molecule has 0 fully saturated rings. The molecule has 2 aromatic heterocycles. The molecule has 2 rings (SSSR count). The van der Waals surface area contributed by atoms with Gasteiger partial charge in [0, 0.05) is 6.20 Å². The van der Waals surface area contributed by atoms with Gasteiger partial charge in [-0.3, -0.25) is 4.98 Å². The van der Waals surface area contributed by atoms with Gasteiger partial charge in [0.2, 0.25) is 0 Å². The zero-order chi connectivity index (χ0) is 12.3. The topological polar surface area (TPSA) is 63.8 Å². The summed E-state index contributed by atoms with van der Waals surface area (Å²) in [4.78, 5) is 8.65. The Labute approximate surface area is 105 Å². The Morgan fingerprint density at radius 2 is 2.18 bits per heavy atom. The predicted octanol–water partition coefficient (Wildman–Crippen LogP) is 2.16. The second-order valence-electron chi connectivity index (χ2n) is 3.59. The predicted molar refractivity (Wildman–Crippen MR) is 72.4 cm³/mol. The Kier molecular flexibility index (Phi) is 3.30. The Morgan fingerprint density at radius 1 is 1.35 bits per heavy atom. The summed E-state index contributed by atoms with van der Waals surface area (Å²) in [5, 5.41) is 3.18. The van der Waals surface area contributed by atoms with E-state index in [9.17, 15) is 0 Å². The van der Waals surface area contributed by atoms with Crippen LogP contribution in [0.1, 0.15) is 11.3 Å². The van der Waals surface area contributed by atoms with Crippen molar-refractivity contribution in [1.82, 2.24) is 9.97 Å². The normalized spacial score (nSPS) is 9.94. The van der Waals surface area contributed by atoms with Gasteiger partial charge < -0.3 is 11.1 Å². The maximum Gasteiger partial charge on any atom is 0.131 e. The molecule has 0 unspecified atom stereocenters. The fourth-order valence-electron chi connectivity index (χ4n) is 1.37. The number of hydrogen-bond donors (Lipinski definition) is 2. The van der Waals surface area contributed by atoms with Gasteiger partial charge in [-0.2, -0.15) is 0 Å². The zero-order valence-corrected chi connectivity index (χ0v) is 10.2. The summed E-state index contributed by atoms with van der Waals surface area (Å²) in [5.41, 5.74) is 8.15. The van der Waals surface area contributed by atoms with Crippen LogP contribution in [0.5, 0.6) is 0 Å². The third-order valence-electron chi connectivity index (χ3n) is 2.30. The van der Waals surface area contributed by atoms with Crippen LogP contribution in [0.15, 0.2) is 36.7 Å². The summed E-state index contributed by atoms with van der Waals surface area (Å²) in [6, 6.07) is 7.42. The number of aromatic nitrogens is 2. The number of aryl methyl sites for hydroxylation is 1. The number of rotatable bonds is 3. The van der Waals surface area contributed by atoms with Crippen molar-refractivity contribution in [2.24, 2.45) is 5.73 Å². The van der Waals surface area contributed by atoms with Crippen molar-refractivity contribution in [3.05, 3.63) is 47.9 Å². The molecule has 17 heavy (non-hydrogen) atoms. The summed E-state index contributed by atoms with van der Waals surface area (Å²) in [5.74, 6) is 0.700. The molecule has 0 radical (unpaired) electrons. The van der Waals surface area contributed by atoms with Crippen LogP contribution < -0.4 is 11.1 Å². The Bertz CT molecular complexity index is 554. The number of nitrogens with zero attached hydrogens (tertiary/aromatic N) is 2. The van der Waals surface area contributed by atoms with E-state index in [1.807, 2.05) is 25.1 Å². The molecule has 86 valence electrons. The lowest BCUT2D eigenvalue weighted by atomic mass is 10.2. The van der Waals surface area contributed by atoms with Gasteiger partial charge in [0.25, 0.3) is 0 Å². The molecule has 0 bridgehead atoms. The number of thiocarbonyl (C=S) groups is 1. The monoisotopic (exact) mass is 244 g/mol. The average molecular weight is 244 g/mol. The van der Waals surface area contributed by atoms with Crippen LogP contribution in [-0.2, 0) is 0 Å². The third kappa shape index (κ3) is 2.76. The van der Waals surface area contributed by atoms with E-state index < -0.39 is 0 Å². The molecule has 4 nitrogen and oxygen atoms in total. The van der Waals surface area contributed by atoms with Crippen LogP contribution in [0.2, 0.25) is 0 Å². The molecule has 2 heterocycles. The van der Waals surface area contributed by atoms with Crippen molar-refractivity contribution in [1.29, 1.82) is 0 Å². The van der Waals surface area contributed by atoms with Gasteiger partial charge in [-0.1, -0.05) is 18.3 Å². The fraction of sp³-hybridized carbons (Fsp3) is 0.0833. The summed E-state index contributed by atoms with van der Waals surface area (Å²) in [6.07, 6.45) is 3.50. The number of anilines is 2. The molecule has 0 saturated heterocycles. The highest BCUT2D eigenvalue weighted by molar-refractivity contribution is 7.80. The molecule has 3 N–H and O–H groups in total. The van der Waals surface area contributed by atoms with Crippen molar-refractivity contribution in [3.63, 3.8) is 0 Å². The lowest BCUT2D eigenvalue weighted by Gasteiger charge is -2.08. The molecule has 0 amide bonds. The maximum atomic E-state index is 5.53. The van der Waals surface area contributed by atoms with Crippen LogP contribution in [0, 0.1) is 6.92 Å². The molecule has 5 heteroatoms. The first-order valence-corrected chi connectivity index (χ1v) is 5.52. The Morgan fingerprint density at radius 3 is 2.88 bits per heavy atom. The second-order valence-corrected chi connectivity index (χ2v) is 4.03. The molecular weight excluding hydrogens is 232 g/mol. The highest BCUT2D eigenvalue weighted by Crippen LogP contribution is 2.17. The van der Waals surface area contributed by atoms with Crippen molar-refractivity contribution in [3.8, 4) is 0 Å². The largest absolute Gasteiger partial charge is 0.388 e. The zero-order valence-electron chi connectivity index (χ0n) is 9.34. The van der Waals surface area contributed by atoms with Crippen LogP contribution in [-0.4, -0.2) is 15.0 Å². The number of pyridine rings is 2. The summed E-state index contributed by atoms with van der Waals surface area (Å²) in [7, 11) is 0. The Balaban J connectivity index is 2.28. The second kappa shape index (κ2) is 4.88. The van der Waals surface area contributed by atoms with Crippen LogP contribution >= 0.6 is 12.2 Å². The van der Waals surface area contributed by atoms with Gasteiger partial charge in [-0.15, -0.1) is 0 Å².